The third-order valence-corrected chi connectivity index (χ3v) is 4.04. The SMILES string of the molecule is Cc1ccc2c(c1)C(NC(=O)c1nn(CC(C)C)cc1C(F)F)CO2. The Morgan fingerprint density at radius 2 is 2.20 bits per heavy atom. The van der Waals surface area contributed by atoms with E-state index in [1.807, 2.05) is 39.0 Å². The van der Waals surface area contributed by atoms with Crippen LogP contribution in [-0.4, -0.2) is 22.3 Å². The Morgan fingerprint density at radius 3 is 2.88 bits per heavy atom. The number of fused-ring (bicyclic) bond motifs is 1. The summed E-state index contributed by atoms with van der Waals surface area (Å²) in [7, 11) is 0. The highest BCUT2D eigenvalue weighted by molar-refractivity contribution is 5.94. The lowest BCUT2D eigenvalue weighted by atomic mass is 10.1. The van der Waals surface area contributed by atoms with Crippen molar-refractivity contribution in [2.75, 3.05) is 6.61 Å². The lowest BCUT2D eigenvalue weighted by Crippen LogP contribution is -2.30. The number of aromatic nitrogens is 2. The van der Waals surface area contributed by atoms with Crippen LogP contribution in [0, 0.1) is 12.8 Å². The van der Waals surface area contributed by atoms with E-state index in [0.717, 1.165) is 11.1 Å². The average molecular weight is 349 g/mol. The number of carbonyl (C=O) groups excluding carboxylic acids is 1. The molecule has 1 aliphatic heterocycles. The number of benzene rings is 1. The molecule has 0 radical (unpaired) electrons. The van der Waals surface area contributed by atoms with Gasteiger partial charge in [0, 0.05) is 18.3 Å². The van der Waals surface area contributed by atoms with E-state index >= 15 is 0 Å². The zero-order valence-electron chi connectivity index (χ0n) is 14.4. The highest BCUT2D eigenvalue weighted by Crippen LogP contribution is 2.33. The maximum atomic E-state index is 13.3. The van der Waals surface area contributed by atoms with Crippen LogP contribution >= 0.6 is 0 Å². The van der Waals surface area contributed by atoms with Crippen molar-refractivity contribution < 1.29 is 18.3 Å². The predicted molar refractivity (Wildman–Crippen MR) is 88.9 cm³/mol. The van der Waals surface area contributed by atoms with Gasteiger partial charge in [-0.1, -0.05) is 31.5 Å². The first-order valence-corrected chi connectivity index (χ1v) is 8.25. The minimum absolute atomic E-state index is 0.225. The van der Waals surface area contributed by atoms with E-state index < -0.39 is 12.3 Å². The maximum Gasteiger partial charge on any atom is 0.272 e. The van der Waals surface area contributed by atoms with Crippen molar-refractivity contribution in [3.63, 3.8) is 0 Å². The molecule has 0 saturated heterocycles. The minimum Gasteiger partial charge on any atom is -0.491 e. The van der Waals surface area contributed by atoms with Crippen LogP contribution in [0.15, 0.2) is 24.4 Å². The molecule has 0 aliphatic carbocycles. The molecule has 0 spiro atoms. The van der Waals surface area contributed by atoms with Gasteiger partial charge in [-0.15, -0.1) is 0 Å². The van der Waals surface area contributed by atoms with Crippen LogP contribution in [0.5, 0.6) is 5.75 Å². The summed E-state index contributed by atoms with van der Waals surface area (Å²) in [5.41, 5.74) is 1.32. The molecule has 1 aromatic heterocycles. The number of hydrogen-bond acceptors (Lipinski definition) is 3. The molecule has 0 saturated carbocycles. The number of aryl methyl sites for hydroxylation is 1. The zero-order chi connectivity index (χ0) is 18.1. The van der Waals surface area contributed by atoms with E-state index in [9.17, 15) is 13.6 Å². The fraction of sp³-hybridized carbons (Fsp3) is 0.444. The van der Waals surface area contributed by atoms with Gasteiger partial charge in [0.2, 0.25) is 0 Å². The summed E-state index contributed by atoms with van der Waals surface area (Å²) in [4.78, 5) is 12.5. The van der Waals surface area contributed by atoms with Crippen LogP contribution in [0.1, 0.15) is 53.5 Å². The average Bonchev–Trinajstić information content (AvgIpc) is 3.11. The third kappa shape index (κ3) is 3.65. The maximum absolute atomic E-state index is 13.3. The summed E-state index contributed by atoms with van der Waals surface area (Å²) in [5.74, 6) is 0.329. The molecule has 25 heavy (non-hydrogen) atoms. The van der Waals surface area contributed by atoms with Crippen molar-refractivity contribution in [2.24, 2.45) is 5.92 Å². The van der Waals surface area contributed by atoms with E-state index in [0.29, 0.717) is 12.3 Å². The van der Waals surface area contributed by atoms with Crippen LogP contribution in [0.3, 0.4) is 0 Å². The Bertz CT molecular complexity index is 787. The molecule has 134 valence electrons. The molecular formula is C18H21F2N3O2. The second-order valence-corrected chi connectivity index (χ2v) is 6.73. The summed E-state index contributed by atoms with van der Waals surface area (Å²) in [6.07, 6.45) is -1.50. The van der Waals surface area contributed by atoms with Gasteiger partial charge < -0.3 is 10.1 Å². The van der Waals surface area contributed by atoms with E-state index in [1.54, 1.807) is 0 Å². The van der Waals surface area contributed by atoms with Crippen molar-refractivity contribution >= 4 is 5.91 Å². The van der Waals surface area contributed by atoms with E-state index in [1.165, 1.54) is 10.9 Å². The number of ether oxygens (including phenoxy) is 1. The molecule has 1 unspecified atom stereocenters. The smallest absolute Gasteiger partial charge is 0.272 e. The standard InChI is InChI=1S/C18H21F2N3O2/c1-10(2)7-23-8-13(17(19)20)16(22-23)18(24)21-14-9-25-15-5-4-11(3)6-12(14)15/h4-6,8,10,14,17H,7,9H2,1-3H3,(H,21,24). The highest BCUT2D eigenvalue weighted by atomic mass is 19.3. The van der Waals surface area contributed by atoms with Crippen LogP contribution in [0.2, 0.25) is 0 Å². The van der Waals surface area contributed by atoms with Crippen LogP contribution in [-0.2, 0) is 6.54 Å². The number of nitrogens with one attached hydrogen (secondary N) is 1. The number of rotatable bonds is 5. The summed E-state index contributed by atoms with van der Waals surface area (Å²) >= 11 is 0. The Balaban J connectivity index is 1.82. The second kappa shape index (κ2) is 6.82. The first-order valence-electron chi connectivity index (χ1n) is 8.25. The fourth-order valence-electron chi connectivity index (χ4n) is 2.92. The molecule has 0 bridgehead atoms. The van der Waals surface area contributed by atoms with Gasteiger partial charge in [0.25, 0.3) is 12.3 Å². The second-order valence-electron chi connectivity index (χ2n) is 6.73. The Morgan fingerprint density at radius 1 is 1.44 bits per heavy atom. The Kier molecular flexibility index (Phi) is 4.74. The Hall–Kier alpha value is -2.44. The quantitative estimate of drug-likeness (QED) is 0.896. The molecule has 2 aromatic rings. The summed E-state index contributed by atoms with van der Waals surface area (Å²) < 4.78 is 33.5. The summed E-state index contributed by atoms with van der Waals surface area (Å²) in [6, 6.07) is 5.33. The van der Waals surface area contributed by atoms with Crippen molar-refractivity contribution in [3.8, 4) is 5.75 Å². The van der Waals surface area contributed by atoms with Crippen LogP contribution in [0.4, 0.5) is 8.78 Å². The normalized spacial score (nSPS) is 16.2. The fourth-order valence-corrected chi connectivity index (χ4v) is 2.92. The molecule has 1 N–H and O–H groups in total. The lowest BCUT2D eigenvalue weighted by Gasteiger charge is -2.12. The number of alkyl halides is 2. The van der Waals surface area contributed by atoms with Gasteiger partial charge in [0.05, 0.1) is 11.6 Å². The molecule has 5 nitrogen and oxygen atoms in total. The van der Waals surface area contributed by atoms with E-state index in [4.69, 9.17) is 4.74 Å². The van der Waals surface area contributed by atoms with Crippen molar-refractivity contribution in [1.82, 2.24) is 15.1 Å². The van der Waals surface area contributed by atoms with Crippen molar-refractivity contribution in [3.05, 3.63) is 46.8 Å². The molecule has 7 heteroatoms. The number of carbonyl (C=O) groups is 1. The van der Waals surface area contributed by atoms with E-state index in [-0.39, 0.29) is 29.8 Å². The number of amides is 1. The zero-order valence-corrected chi connectivity index (χ0v) is 14.4. The summed E-state index contributed by atoms with van der Waals surface area (Å²) in [5, 5.41) is 6.84. The first kappa shape index (κ1) is 17.4. The van der Waals surface area contributed by atoms with Crippen LogP contribution in [0.25, 0.3) is 0 Å². The van der Waals surface area contributed by atoms with Crippen molar-refractivity contribution in [2.45, 2.75) is 39.8 Å². The molecular weight excluding hydrogens is 328 g/mol. The predicted octanol–water partition coefficient (Wildman–Crippen LogP) is 3.65. The molecule has 0 fully saturated rings. The molecule has 1 aliphatic rings. The van der Waals surface area contributed by atoms with Gasteiger partial charge in [0.15, 0.2) is 5.69 Å². The number of nitrogens with zero attached hydrogens (tertiary/aromatic N) is 2. The van der Waals surface area contributed by atoms with E-state index in [2.05, 4.69) is 10.4 Å². The molecule has 1 atom stereocenters. The monoisotopic (exact) mass is 349 g/mol. The lowest BCUT2D eigenvalue weighted by molar-refractivity contribution is 0.0911. The molecule has 2 heterocycles. The minimum atomic E-state index is -2.75. The largest absolute Gasteiger partial charge is 0.491 e. The van der Waals surface area contributed by atoms with Gasteiger partial charge in [0.1, 0.15) is 12.4 Å². The Labute approximate surface area is 145 Å². The first-order chi connectivity index (χ1) is 11.8. The number of hydrogen-bond donors (Lipinski definition) is 1. The van der Waals surface area contributed by atoms with Crippen LogP contribution < -0.4 is 10.1 Å². The van der Waals surface area contributed by atoms with Gasteiger partial charge in [-0.2, -0.15) is 5.10 Å². The van der Waals surface area contributed by atoms with Gasteiger partial charge in [-0.05, 0) is 18.9 Å². The van der Waals surface area contributed by atoms with Gasteiger partial charge in [-0.3, -0.25) is 9.48 Å². The summed E-state index contributed by atoms with van der Waals surface area (Å²) in [6.45, 7) is 6.61. The third-order valence-electron chi connectivity index (χ3n) is 4.04. The van der Waals surface area contributed by atoms with Gasteiger partial charge in [-0.25, -0.2) is 8.78 Å². The molecule has 3 rings (SSSR count). The topological polar surface area (TPSA) is 56.2 Å². The van der Waals surface area contributed by atoms with Gasteiger partial charge >= 0.3 is 0 Å². The molecule has 1 aromatic carbocycles. The highest BCUT2D eigenvalue weighted by Gasteiger charge is 2.29. The molecule has 1 amide bonds. The van der Waals surface area contributed by atoms with Crippen molar-refractivity contribution in [1.29, 1.82) is 0 Å². The number of halogens is 2.